The lowest BCUT2D eigenvalue weighted by atomic mass is 10.1. The van der Waals surface area contributed by atoms with Crippen LogP contribution in [-0.2, 0) is 20.6 Å². The van der Waals surface area contributed by atoms with Gasteiger partial charge in [-0.3, -0.25) is 9.78 Å². The van der Waals surface area contributed by atoms with Crippen LogP contribution in [0.4, 0.5) is 0 Å². The number of nitrogens with zero attached hydrogens (tertiary/aromatic N) is 1. The van der Waals surface area contributed by atoms with E-state index < -0.39 is 22.0 Å². The normalized spacial score (nSPS) is 13.4. The number of nitrogens with one attached hydrogen (secondary N) is 1. The van der Waals surface area contributed by atoms with E-state index in [-0.39, 0.29) is 11.7 Å². The van der Waals surface area contributed by atoms with Crippen LogP contribution < -0.4 is 4.72 Å². The number of para-hydroxylation sites is 1. The van der Waals surface area contributed by atoms with Crippen LogP contribution in [0.2, 0.25) is 0 Å². The second-order valence-electron chi connectivity index (χ2n) is 5.43. The molecule has 6 nitrogen and oxygen atoms in total. The third-order valence-electron chi connectivity index (χ3n) is 3.30. The third kappa shape index (κ3) is 3.80. The molecule has 0 saturated heterocycles. The predicted molar refractivity (Wildman–Crippen MR) is 83.8 cm³/mol. The van der Waals surface area contributed by atoms with E-state index in [2.05, 4.69) is 9.71 Å². The van der Waals surface area contributed by atoms with Crippen molar-refractivity contribution in [1.82, 2.24) is 9.71 Å². The quantitative estimate of drug-likeness (QED) is 0.845. The number of pyridine rings is 1. The maximum Gasteiger partial charge on any atom is 0.321 e. The van der Waals surface area contributed by atoms with E-state index in [0.29, 0.717) is 11.1 Å². The highest BCUT2D eigenvalue weighted by molar-refractivity contribution is 7.88. The lowest BCUT2D eigenvalue weighted by Crippen LogP contribution is -2.44. The minimum Gasteiger partial charge on any atom is -0.480 e. The van der Waals surface area contributed by atoms with Crippen LogP contribution in [0.3, 0.4) is 0 Å². The summed E-state index contributed by atoms with van der Waals surface area (Å²) < 4.78 is 26.8. The molecule has 0 aliphatic rings. The number of aliphatic carboxylic acids is 1. The van der Waals surface area contributed by atoms with Crippen molar-refractivity contribution in [3.63, 3.8) is 0 Å². The molecule has 0 saturated carbocycles. The van der Waals surface area contributed by atoms with Gasteiger partial charge in [0, 0.05) is 11.6 Å². The monoisotopic (exact) mass is 322 g/mol. The standard InChI is InChI=1S/C15H18N2O4S/c1-10(2)13(15(18)19)17-22(20,21)9-12-6-3-5-11-7-4-8-16-14(11)12/h3-8,10,13,17H,9H2,1-2H3,(H,18,19). The first-order valence-corrected chi connectivity index (χ1v) is 8.51. The van der Waals surface area contributed by atoms with Crippen LogP contribution in [0.25, 0.3) is 10.9 Å². The summed E-state index contributed by atoms with van der Waals surface area (Å²) in [5, 5.41) is 9.95. The summed E-state index contributed by atoms with van der Waals surface area (Å²) in [5.74, 6) is -1.84. The van der Waals surface area contributed by atoms with Gasteiger partial charge in [0.25, 0.3) is 0 Å². The Morgan fingerprint density at radius 3 is 2.59 bits per heavy atom. The Hall–Kier alpha value is -1.99. The number of fused-ring (bicyclic) bond motifs is 1. The van der Waals surface area contributed by atoms with Gasteiger partial charge in [-0.15, -0.1) is 0 Å². The van der Waals surface area contributed by atoms with Crippen LogP contribution in [0.15, 0.2) is 36.5 Å². The topological polar surface area (TPSA) is 96.4 Å². The number of hydrogen-bond donors (Lipinski definition) is 2. The zero-order valence-electron chi connectivity index (χ0n) is 12.4. The zero-order chi connectivity index (χ0) is 16.3. The fourth-order valence-corrected chi connectivity index (χ4v) is 3.68. The molecule has 0 fully saturated rings. The Kier molecular flexibility index (Phi) is 4.77. The highest BCUT2D eigenvalue weighted by Gasteiger charge is 2.27. The molecule has 1 aromatic carbocycles. The van der Waals surface area contributed by atoms with Crippen molar-refractivity contribution in [2.75, 3.05) is 0 Å². The smallest absolute Gasteiger partial charge is 0.321 e. The maximum atomic E-state index is 12.3. The summed E-state index contributed by atoms with van der Waals surface area (Å²) in [5.41, 5.74) is 1.14. The number of aromatic nitrogens is 1. The van der Waals surface area contributed by atoms with Gasteiger partial charge in [-0.2, -0.15) is 0 Å². The number of rotatable bonds is 6. The molecule has 118 valence electrons. The number of benzene rings is 1. The summed E-state index contributed by atoms with van der Waals surface area (Å²) >= 11 is 0. The Labute approximate surface area is 129 Å². The minimum atomic E-state index is -3.79. The molecule has 1 aromatic heterocycles. The van der Waals surface area contributed by atoms with Crippen molar-refractivity contribution >= 4 is 26.9 Å². The van der Waals surface area contributed by atoms with Gasteiger partial charge >= 0.3 is 5.97 Å². The molecular weight excluding hydrogens is 304 g/mol. The van der Waals surface area contributed by atoms with Gasteiger partial charge in [-0.25, -0.2) is 13.1 Å². The fourth-order valence-electron chi connectivity index (χ4n) is 2.20. The van der Waals surface area contributed by atoms with Crippen molar-refractivity contribution < 1.29 is 18.3 Å². The number of sulfonamides is 1. The van der Waals surface area contributed by atoms with Gasteiger partial charge in [0.15, 0.2) is 0 Å². The average Bonchev–Trinajstić information content (AvgIpc) is 2.44. The molecule has 1 heterocycles. The summed E-state index contributed by atoms with van der Waals surface area (Å²) in [7, 11) is -3.79. The highest BCUT2D eigenvalue weighted by atomic mass is 32.2. The molecule has 0 radical (unpaired) electrons. The lowest BCUT2D eigenvalue weighted by Gasteiger charge is -2.18. The van der Waals surface area contributed by atoms with Crippen molar-refractivity contribution in [3.8, 4) is 0 Å². The van der Waals surface area contributed by atoms with Gasteiger partial charge < -0.3 is 5.11 Å². The summed E-state index contributed by atoms with van der Waals surface area (Å²) in [6.07, 6.45) is 1.60. The molecule has 0 bridgehead atoms. The number of carboxylic acid groups (broad SMARTS) is 1. The van der Waals surface area contributed by atoms with Crippen LogP contribution in [0.5, 0.6) is 0 Å². The van der Waals surface area contributed by atoms with E-state index >= 15 is 0 Å². The van der Waals surface area contributed by atoms with Gasteiger partial charge in [-0.05, 0) is 17.5 Å². The van der Waals surface area contributed by atoms with Crippen molar-refractivity contribution in [3.05, 3.63) is 42.1 Å². The minimum absolute atomic E-state index is 0.308. The molecular formula is C15H18N2O4S. The second-order valence-corrected chi connectivity index (χ2v) is 7.18. The van der Waals surface area contributed by atoms with Gasteiger partial charge in [0.05, 0.1) is 11.3 Å². The van der Waals surface area contributed by atoms with Crippen LogP contribution in [0, 0.1) is 5.92 Å². The number of hydrogen-bond acceptors (Lipinski definition) is 4. The SMILES string of the molecule is CC(C)C(NS(=O)(=O)Cc1cccc2cccnc12)C(=O)O. The Bertz CT molecular complexity index is 782. The van der Waals surface area contributed by atoms with Crippen molar-refractivity contribution in [1.29, 1.82) is 0 Å². The molecule has 0 spiro atoms. The average molecular weight is 322 g/mol. The molecule has 0 aliphatic heterocycles. The van der Waals surface area contributed by atoms with Gasteiger partial charge in [0.1, 0.15) is 6.04 Å². The van der Waals surface area contributed by atoms with E-state index in [4.69, 9.17) is 5.11 Å². The van der Waals surface area contributed by atoms with E-state index in [1.807, 2.05) is 12.1 Å². The van der Waals surface area contributed by atoms with Crippen LogP contribution >= 0.6 is 0 Å². The first-order chi connectivity index (χ1) is 10.3. The lowest BCUT2D eigenvalue weighted by molar-refractivity contribution is -0.140. The van der Waals surface area contributed by atoms with Crippen molar-refractivity contribution in [2.45, 2.75) is 25.6 Å². The molecule has 7 heteroatoms. The molecule has 1 unspecified atom stereocenters. The maximum absolute atomic E-state index is 12.3. The molecule has 0 amide bonds. The van der Waals surface area contributed by atoms with Gasteiger partial charge in [0.2, 0.25) is 10.0 Å². The predicted octanol–water partition coefficient (Wildman–Crippen LogP) is 1.76. The molecule has 1 atom stereocenters. The molecule has 0 aliphatic carbocycles. The Morgan fingerprint density at radius 2 is 1.95 bits per heavy atom. The Morgan fingerprint density at radius 1 is 1.27 bits per heavy atom. The summed E-state index contributed by atoms with van der Waals surface area (Å²) in [6.45, 7) is 3.31. The van der Waals surface area contributed by atoms with E-state index in [0.717, 1.165) is 5.39 Å². The van der Waals surface area contributed by atoms with E-state index in [9.17, 15) is 13.2 Å². The molecule has 2 aromatic rings. The Balaban J connectivity index is 2.29. The summed E-state index contributed by atoms with van der Waals surface area (Å²) in [6, 6.07) is 7.76. The van der Waals surface area contributed by atoms with Gasteiger partial charge in [-0.1, -0.05) is 38.1 Å². The molecule has 2 N–H and O–H groups in total. The first kappa shape index (κ1) is 16.4. The second kappa shape index (κ2) is 6.41. The first-order valence-electron chi connectivity index (χ1n) is 6.85. The molecule has 22 heavy (non-hydrogen) atoms. The van der Waals surface area contributed by atoms with Crippen LogP contribution in [-0.4, -0.2) is 30.5 Å². The number of carbonyl (C=O) groups is 1. The fraction of sp³-hybridized carbons (Fsp3) is 0.333. The van der Waals surface area contributed by atoms with Crippen LogP contribution in [0.1, 0.15) is 19.4 Å². The summed E-state index contributed by atoms with van der Waals surface area (Å²) in [4.78, 5) is 15.4. The van der Waals surface area contributed by atoms with Crippen molar-refractivity contribution in [2.24, 2.45) is 5.92 Å². The van der Waals surface area contributed by atoms with E-state index in [1.54, 1.807) is 38.2 Å². The largest absolute Gasteiger partial charge is 0.480 e. The molecule has 2 rings (SSSR count). The highest BCUT2D eigenvalue weighted by Crippen LogP contribution is 2.18. The van der Waals surface area contributed by atoms with E-state index in [1.165, 1.54) is 0 Å². The third-order valence-corrected chi connectivity index (χ3v) is 4.61. The zero-order valence-corrected chi connectivity index (χ0v) is 13.2. The number of carboxylic acids is 1.